The zero-order valence-electron chi connectivity index (χ0n) is 12.7. The summed E-state index contributed by atoms with van der Waals surface area (Å²) in [5.41, 5.74) is 1.19. The van der Waals surface area contributed by atoms with Gasteiger partial charge in [0.05, 0.1) is 13.2 Å². The van der Waals surface area contributed by atoms with Gasteiger partial charge in [-0.15, -0.1) is 0 Å². The van der Waals surface area contributed by atoms with E-state index < -0.39 is 0 Å². The highest BCUT2D eigenvalue weighted by molar-refractivity contribution is 5.45. The number of hydrogen-bond donors (Lipinski definition) is 0. The first-order valence-electron chi connectivity index (χ1n) is 7.97. The Balaban J connectivity index is 1.66. The van der Waals surface area contributed by atoms with Gasteiger partial charge in [0.15, 0.2) is 0 Å². The fraction of sp³-hybridized carbons (Fsp3) is 0.647. The van der Waals surface area contributed by atoms with Crippen LogP contribution in [0.3, 0.4) is 0 Å². The Hall–Kier alpha value is -1.26. The largest absolute Gasteiger partial charge is 0.490 e. The van der Waals surface area contributed by atoms with E-state index in [0.29, 0.717) is 13.2 Å². The average molecular weight is 292 g/mol. The number of unbranched alkanes of at least 4 members (excludes halogenated alkanes) is 2. The molecule has 3 rings (SSSR count). The van der Waals surface area contributed by atoms with Crippen molar-refractivity contribution in [1.82, 2.24) is 0 Å². The van der Waals surface area contributed by atoms with Crippen molar-refractivity contribution in [3.05, 3.63) is 23.8 Å². The van der Waals surface area contributed by atoms with E-state index in [1.54, 1.807) is 0 Å². The van der Waals surface area contributed by atoms with E-state index in [2.05, 4.69) is 6.92 Å². The zero-order valence-corrected chi connectivity index (χ0v) is 12.7. The predicted molar refractivity (Wildman–Crippen MR) is 80.1 cm³/mol. The van der Waals surface area contributed by atoms with Crippen LogP contribution in [0.25, 0.3) is 0 Å². The highest BCUT2D eigenvalue weighted by atomic mass is 16.6. The lowest BCUT2D eigenvalue weighted by Crippen LogP contribution is -2.09. The first kappa shape index (κ1) is 14.7. The summed E-state index contributed by atoms with van der Waals surface area (Å²) in [6.45, 7) is 5.13. The average Bonchev–Trinajstić information content (AvgIpc) is 3.38. The van der Waals surface area contributed by atoms with E-state index in [1.165, 1.54) is 18.4 Å². The van der Waals surface area contributed by atoms with Crippen LogP contribution < -0.4 is 9.47 Å². The second-order valence-electron chi connectivity index (χ2n) is 5.72. The molecule has 0 aromatic heterocycles. The maximum atomic E-state index is 5.92. The third-order valence-corrected chi connectivity index (χ3v) is 3.77. The van der Waals surface area contributed by atoms with Crippen LogP contribution in [-0.4, -0.2) is 38.6 Å². The summed E-state index contributed by atoms with van der Waals surface area (Å²) >= 11 is 0. The molecule has 0 N–H and O–H groups in total. The van der Waals surface area contributed by atoms with Crippen molar-refractivity contribution in [2.45, 2.75) is 44.8 Å². The van der Waals surface area contributed by atoms with Crippen LogP contribution in [0.4, 0.5) is 0 Å². The highest BCUT2D eigenvalue weighted by Gasteiger charge is 2.25. The highest BCUT2D eigenvalue weighted by Crippen LogP contribution is 2.31. The summed E-state index contributed by atoms with van der Waals surface area (Å²) in [6, 6.07) is 6.06. The van der Waals surface area contributed by atoms with Gasteiger partial charge in [-0.25, -0.2) is 0 Å². The number of ether oxygens (including phenoxy) is 4. The van der Waals surface area contributed by atoms with Crippen LogP contribution in [0.5, 0.6) is 11.5 Å². The molecule has 2 aliphatic heterocycles. The number of hydrogen-bond acceptors (Lipinski definition) is 4. The molecule has 21 heavy (non-hydrogen) atoms. The smallest absolute Gasteiger partial charge is 0.126 e. The van der Waals surface area contributed by atoms with Crippen molar-refractivity contribution in [3.63, 3.8) is 0 Å². The molecule has 2 atom stereocenters. The molecule has 0 aliphatic carbocycles. The van der Waals surface area contributed by atoms with E-state index in [-0.39, 0.29) is 12.2 Å². The van der Waals surface area contributed by atoms with Crippen LogP contribution in [-0.2, 0) is 15.9 Å². The van der Waals surface area contributed by atoms with Gasteiger partial charge in [-0.3, -0.25) is 0 Å². The molecule has 0 saturated carbocycles. The van der Waals surface area contributed by atoms with Crippen molar-refractivity contribution in [2.24, 2.45) is 0 Å². The molecule has 2 heterocycles. The van der Waals surface area contributed by atoms with Gasteiger partial charge < -0.3 is 18.9 Å². The van der Waals surface area contributed by atoms with Gasteiger partial charge in [-0.05, 0) is 25.0 Å². The van der Waals surface area contributed by atoms with E-state index in [4.69, 9.17) is 18.9 Å². The molecule has 1 aromatic carbocycles. The zero-order chi connectivity index (χ0) is 14.5. The molecular weight excluding hydrogens is 268 g/mol. The first-order valence-corrected chi connectivity index (χ1v) is 7.97. The SMILES string of the molecule is CCCCCc1c(OCC2CO2)cccc1OCC1CO1. The maximum absolute atomic E-state index is 5.92. The second-order valence-corrected chi connectivity index (χ2v) is 5.72. The van der Waals surface area contributed by atoms with Crippen molar-refractivity contribution in [2.75, 3.05) is 26.4 Å². The van der Waals surface area contributed by atoms with Gasteiger partial charge in [-0.1, -0.05) is 25.8 Å². The van der Waals surface area contributed by atoms with E-state index in [9.17, 15) is 0 Å². The number of epoxide rings is 2. The Morgan fingerprint density at radius 2 is 1.57 bits per heavy atom. The summed E-state index contributed by atoms with van der Waals surface area (Å²) in [5.74, 6) is 1.88. The maximum Gasteiger partial charge on any atom is 0.126 e. The quantitative estimate of drug-likeness (QED) is 0.491. The Labute approximate surface area is 126 Å². The van der Waals surface area contributed by atoms with E-state index >= 15 is 0 Å². The van der Waals surface area contributed by atoms with Crippen LogP contribution in [0.1, 0.15) is 31.7 Å². The molecule has 0 spiro atoms. The molecule has 2 saturated heterocycles. The van der Waals surface area contributed by atoms with Crippen LogP contribution in [0.15, 0.2) is 18.2 Å². The molecule has 116 valence electrons. The van der Waals surface area contributed by atoms with Gasteiger partial charge in [-0.2, -0.15) is 0 Å². The lowest BCUT2D eigenvalue weighted by molar-refractivity contribution is 0.248. The molecular formula is C17H24O4. The normalized spacial score (nSPS) is 22.9. The molecule has 4 nitrogen and oxygen atoms in total. The van der Waals surface area contributed by atoms with Crippen molar-refractivity contribution in [1.29, 1.82) is 0 Å². The molecule has 0 amide bonds. The van der Waals surface area contributed by atoms with Crippen LogP contribution in [0, 0.1) is 0 Å². The molecule has 2 aliphatic rings. The lowest BCUT2D eigenvalue weighted by atomic mass is 10.0. The fourth-order valence-electron chi connectivity index (χ4n) is 2.31. The van der Waals surface area contributed by atoms with Crippen molar-refractivity contribution in [3.8, 4) is 11.5 Å². The van der Waals surface area contributed by atoms with Gasteiger partial charge in [0.2, 0.25) is 0 Å². The fourth-order valence-corrected chi connectivity index (χ4v) is 2.31. The van der Waals surface area contributed by atoms with Gasteiger partial charge in [0.1, 0.15) is 36.9 Å². The predicted octanol–water partition coefficient (Wildman–Crippen LogP) is 2.97. The molecule has 1 aromatic rings. The molecule has 0 bridgehead atoms. The summed E-state index contributed by atoms with van der Waals surface area (Å²) in [5, 5.41) is 0. The van der Waals surface area contributed by atoms with Crippen LogP contribution in [0.2, 0.25) is 0 Å². The van der Waals surface area contributed by atoms with Gasteiger partial charge in [0.25, 0.3) is 0 Å². The van der Waals surface area contributed by atoms with Gasteiger partial charge in [0, 0.05) is 5.56 Å². The topological polar surface area (TPSA) is 43.5 Å². The van der Waals surface area contributed by atoms with E-state index in [0.717, 1.165) is 37.6 Å². The Bertz CT molecular complexity index is 418. The van der Waals surface area contributed by atoms with E-state index in [1.807, 2.05) is 18.2 Å². The number of rotatable bonds is 10. The molecule has 2 unspecified atom stereocenters. The number of benzene rings is 1. The standard InChI is InChI=1S/C17H24O4/c1-2-3-4-6-15-16(20-11-13-9-18-13)7-5-8-17(15)21-12-14-10-19-14/h5,7-8,13-14H,2-4,6,9-12H2,1H3. The third kappa shape index (κ3) is 4.61. The van der Waals surface area contributed by atoms with Gasteiger partial charge >= 0.3 is 0 Å². The Morgan fingerprint density at radius 3 is 2.05 bits per heavy atom. The molecule has 2 fully saturated rings. The monoisotopic (exact) mass is 292 g/mol. The Kier molecular flexibility index (Phi) is 4.99. The molecule has 4 heteroatoms. The summed E-state index contributed by atoms with van der Waals surface area (Å²) in [6.07, 6.45) is 5.15. The van der Waals surface area contributed by atoms with Crippen LogP contribution >= 0.6 is 0 Å². The summed E-state index contributed by atoms with van der Waals surface area (Å²) in [7, 11) is 0. The van der Waals surface area contributed by atoms with Crippen molar-refractivity contribution >= 4 is 0 Å². The van der Waals surface area contributed by atoms with Crippen molar-refractivity contribution < 1.29 is 18.9 Å². The summed E-state index contributed by atoms with van der Waals surface area (Å²) in [4.78, 5) is 0. The lowest BCUT2D eigenvalue weighted by Gasteiger charge is -2.15. The molecule has 0 radical (unpaired) electrons. The minimum atomic E-state index is 0.276. The third-order valence-electron chi connectivity index (χ3n) is 3.77. The Morgan fingerprint density at radius 1 is 1.00 bits per heavy atom. The minimum absolute atomic E-state index is 0.276. The minimum Gasteiger partial charge on any atom is -0.490 e. The first-order chi connectivity index (χ1) is 10.4. The second kappa shape index (κ2) is 7.14. The summed E-state index contributed by atoms with van der Waals surface area (Å²) < 4.78 is 22.3.